The van der Waals surface area contributed by atoms with Crippen LogP contribution in [0.1, 0.15) is 6.92 Å². The van der Waals surface area contributed by atoms with E-state index in [1.54, 1.807) is 18.1 Å². The minimum Gasteiger partial charge on any atom is -0.395 e. The maximum absolute atomic E-state index is 8.87. The Bertz CT molecular complexity index is 283. The second-order valence-electron chi connectivity index (χ2n) is 2.72. The van der Waals surface area contributed by atoms with Crippen LogP contribution in [0.25, 0.3) is 0 Å². The van der Waals surface area contributed by atoms with Gasteiger partial charge < -0.3 is 10.0 Å². The first kappa shape index (κ1) is 11.3. The lowest BCUT2D eigenvalue weighted by Crippen LogP contribution is -2.27. The molecule has 0 atom stereocenters. The van der Waals surface area contributed by atoms with Gasteiger partial charge in [-0.2, -0.15) is 0 Å². The number of aromatic nitrogens is 2. The first-order valence-corrected chi connectivity index (χ1v) is 5.76. The number of likely N-dealkylation sites (N-methyl/N-ethyl adjacent to an activating group) is 1. The third-order valence-electron chi connectivity index (χ3n) is 1.91. The molecule has 0 aliphatic carbocycles. The van der Waals surface area contributed by atoms with E-state index >= 15 is 0 Å². The summed E-state index contributed by atoms with van der Waals surface area (Å²) in [4.78, 5) is 10.3. The van der Waals surface area contributed by atoms with Gasteiger partial charge in [0, 0.05) is 19.2 Å². The first-order valence-electron chi connectivity index (χ1n) is 4.53. The highest BCUT2D eigenvalue weighted by Crippen LogP contribution is 2.16. The Balaban J connectivity index is 2.80. The van der Waals surface area contributed by atoms with Crippen molar-refractivity contribution in [3.8, 4) is 0 Å². The fourth-order valence-corrected chi connectivity index (χ4v) is 1.55. The summed E-state index contributed by atoms with van der Waals surface area (Å²) in [6.07, 6.45) is 3.54. The molecule has 1 rings (SSSR count). The highest BCUT2D eigenvalue weighted by molar-refractivity contribution is 7.98. The van der Waals surface area contributed by atoms with E-state index in [-0.39, 0.29) is 6.61 Å². The van der Waals surface area contributed by atoms with E-state index in [4.69, 9.17) is 5.11 Å². The summed E-state index contributed by atoms with van der Waals surface area (Å²) < 4.78 is 0. The van der Waals surface area contributed by atoms with Gasteiger partial charge in [-0.25, -0.2) is 9.97 Å². The van der Waals surface area contributed by atoms with Crippen molar-refractivity contribution in [3.63, 3.8) is 0 Å². The molecule has 14 heavy (non-hydrogen) atoms. The predicted octanol–water partition coefficient (Wildman–Crippen LogP) is 1.02. The SMILES string of the molecule is CCN(CCO)c1cc(SC)ncn1. The standard InChI is InChI=1S/C9H15N3OS/c1-3-12(4-5-13)8-6-9(14-2)11-7-10-8/h6-7,13H,3-5H2,1-2H3. The van der Waals surface area contributed by atoms with Crippen molar-refractivity contribution in [2.45, 2.75) is 11.9 Å². The van der Waals surface area contributed by atoms with Crippen LogP contribution in [0.5, 0.6) is 0 Å². The molecule has 1 N–H and O–H groups in total. The van der Waals surface area contributed by atoms with Gasteiger partial charge in [-0.05, 0) is 13.2 Å². The first-order chi connectivity index (χ1) is 6.81. The molecule has 1 aromatic heterocycles. The molecule has 0 saturated carbocycles. The Morgan fingerprint density at radius 3 is 2.86 bits per heavy atom. The highest BCUT2D eigenvalue weighted by atomic mass is 32.2. The van der Waals surface area contributed by atoms with Gasteiger partial charge in [-0.1, -0.05) is 0 Å². The summed E-state index contributed by atoms with van der Waals surface area (Å²) in [6.45, 7) is 3.63. The number of hydrogen-bond acceptors (Lipinski definition) is 5. The molecule has 0 aliphatic rings. The summed E-state index contributed by atoms with van der Waals surface area (Å²) in [6, 6.07) is 1.93. The third kappa shape index (κ3) is 2.85. The summed E-state index contributed by atoms with van der Waals surface area (Å²) in [5.41, 5.74) is 0. The zero-order valence-electron chi connectivity index (χ0n) is 8.47. The maximum atomic E-state index is 8.87. The second-order valence-corrected chi connectivity index (χ2v) is 3.55. The molecule has 78 valence electrons. The van der Waals surface area contributed by atoms with Gasteiger partial charge in [-0.3, -0.25) is 0 Å². The largest absolute Gasteiger partial charge is 0.395 e. The molecule has 0 saturated heterocycles. The van der Waals surface area contributed by atoms with Gasteiger partial charge in [-0.15, -0.1) is 11.8 Å². The Kier molecular flexibility index (Phi) is 4.69. The number of aliphatic hydroxyl groups is 1. The molecular weight excluding hydrogens is 198 g/mol. The molecular formula is C9H15N3OS. The van der Waals surface area contributed by atoms with Crippen molar-refractivity contribution in [1.29, 1.82) is 0 Å². The van der Waals surface area contributed by atoms with Crippen LogP contribution in [-0.2, 0) is 0 Å². The van der Waals surface area contributed by atoms with E-state index in [1.807, 2.05) is 24.1 Å². The minimum absolute atomic E-state index is 0.145. The molecule has 0 amide bonds. The summed E-state index contributed by atoms with van der Waals surface area (Å²) in [7, 11) is 0. The van der Waals surface area contributed by atoms with Crippen LogP contribution in [0.2, 0.25) is 0 Å². The number of nitrogens with zero attached hydrogens (tertiary/aromatic N) is 3. The summed E-state index contributed by atoms with van der Waals surface area (Å²) >= 11 is 1.59. The van der Waals surface area contributed by atoms with Crippen LogP contribution in [0.15, 0.2) is 17.4 Å². The maximum Gasteiger partial charge on any atom is 0.133 e. The molecule has 0 aliphatic heterocycles. The normalized spacial score (nSPS) is 10.2. The molecule has 0 bridgehead atoms. The molecule has 0 radical (unpaired) electrons. The number of anilines is 1. The smallest absolute Gasteiger partial charge is 0.133 e. The van der Waals surface area contributed by atoms with Crippen molar-refractivity contribution < 1.29 is 5.11 Å². The van der Waals surface area contributed by atoms with Crippen molar-refractivity contribution >= 4 is 17.6 Å². The van der Waals surface area contributed by atoms with Gasteiger partial charge >= 0.3 is 0 Å². The van der Waals surface area contributed by atoms with Gasteiger partial charge in [0.15, 0.2) is 0 Å². The molecule has 0 fully saturated rings. The zero-order valence-corrected chi connectivity index (χ0v) is 9.29. The fourth-order valence-electron chi connectivity index (χ4n) is 1.17. The summed E-state index contributed by atoms with van der Waals surface area (Å²) in [5, 5.41) is 9.82. The van der Waals surface area contributed by atoms with Crippen molar-refractivity contribution in [3.05, 3.63) is 12.4 Å². The van der Waals surface area contributed by atoms with Crippen molar-refractivity contribution in [2.75, 3.05) is 30.9 Å². The molecule has 4 nitrogen and oxygen atoms in total. The molecule has 0 aromatic carbocycles. The molecule has 1 aromatic rings. The fraction of sp³-hybridized carbons (Fsp3) is 0.556. The lowest BCUT2D eigenvalue weighted by Gasteiger charge is -2.20. The van der Waals surface area contributed by atoms with E-state index < -0.39 is 0 Å². The van der Waals surface area contributed by atoms with E-state index in [0.717, 1.165) is 17.4 Å². The van der Waals surface area contributed by atoms with Crippen molar-refractivity contribution in [1.82, 2.24) is 9.97 Å². The Labute approximate surface area is 88.4 Å². The third-order valence-corrected chi connectivity index (χ3v) is 2.55. The Hall–Kier alpha value is -0.810. The molecule has 1 heterocycles. The van der Waals surface area contributed by atoms with E-state index in [0.29, 0.717) is 6.54 Å². The van der Waals surface area contributed by atoms with Crippen LogP contribution < -0.4 is 4.90 Å². The number of thioether (sulfide) groups is 1. The number of hydrogen-bond donors (Lipinski definition) is 1. The predicted molar refractivity (Wildman–Crippen MR) is 58.8 cm³/mol. The van der Waals surface area contributed by atoms with E-state index in [9.17, 15) is 0 Å². The quantitative estimate of drug-likeness (QED) is 0.584. The molecule has 0 unspecified atom stereocenters. The monoisotopic (exact) mass is 213 g/mol. The highest BCUT2D eigenvalue weighted by Gasteiger charge is 2.05. The summed E-state index contributed by atoms with van der Waals surface area (Å²) in [5.74, 6) is 0.876. The van der Waals surface area contributed by atoms with Crippen LogP contribution in [0, 0.1) is 0 Å². The Morgan fingerprint density at radius 2 is 2.29 bits per heavy atom. The van der Waals surface area contributed by atoms with Crippen molar-refractivity contribution in [2.24, 2.45) is 0 Å². The lowest BCUT2D eigenvalue weighted by atomic mass is 10.4. The van der Waals surface area contributed by atoms with E-state index in [2.05, 4.69) is 9.97 Å². The second kappa shape index (κ2) is 5.82. The van der Waals surface area contributed by atoms with Crippen LogP contribution >= 0.6 is 11.8 Å². The zero-order chi connectivity index (χ0) is 10.4. The van der Waals surface area contributed by atoms with Gasteiger partial charge in [0.25, 0.3) is 0 Å². The average molecular weight is 213 g/mol. The van der Waals surface area contributed by atoms with Crippen LogP contribution in [-0.4, -0.2) is 41.0 Å². The molecule has 5 heteroatoms. The van der Waals surface area contributed by atoms with Crippen LogP contribution in [0.3, 0.4) is 0 Å². The van der Waals surface area contributed by atoms with Gasteiger partial charge in [0.05, 0.1) is 6.61 Å². The van der Waals surface area contributed by atoms with Crippen LogP contribution in [0.4, 0.5) is 5.82 Å². The van der Waals surface area contributed by atoms with Gasteiger partial charge in [0.2, 0.25) is 0 Å². The topological polar surface area (TPSA) is 49.2 Å². The number of rotatable bonds is 5. The lowest BCUT2D eigenvalue weighted by molar-refractivity contribution is 0.302. The Morgan fingerprint density at radius 1 is 1.50 bits per heavy atom. The number of aliphatic hydroxyl groups excluding tert-OH is 1. The van der Waals surface area contributed by atoms with E-state index in [1.165, 1.54) is 0 Å². The minimum atomic E-state index is 0.145. The van der Waals surface area contributed by atoms with Gasteiger partial charge in [0.1, 0.15) is 17.2 Å². The molecule has 0 spiro atoms. The average Bonchev–Trinajstić information content (AvgIpc) is 2.26.